The zero-order valence-electron chi connectivity index (χ0n) is 10.7. The summed E-state index contributed by atoms with van der Waals surface area (Å²) in [5.74, 6) is 1.39. The number of hydrogen-bond donors (Lipinski definition) is 1. The van der Waals surface area contributed by atoms with Gasteiger partial charge in [0.25, 0.3) is 0 Å². The van der Waals surface area contributed by atoms with Gasteiger partial charge in [0.2, 0.25) is 0 Å². The summed E-state index contributed by atoms with van der Waals surface area (Å²) in [5, 5.41) is 9.93. The summed E-state index contributed by atoms with van der Waals surface area (Å²) in [5.41, 5.74) is 1.23. The van der Waals surface area contributed by atoms with Gasteiger partial charge >= 0.3 is 0 Å². The molecule has 2 unspecified atom stereocenters. The summed E-state index contributed by atoms with van der Waals surface area (Å²) in [4.78, 5) is 0. The lowest BCUT2D eigenvalue weighted by Gasteiger charge is -2.29. The second-order valence-corrected chi connectivity index (χ2v) is 5.20. The zero-order valence-corrected chi connectivity index (χ0v) is 10.7. The van der Waals surface area contributed by atoms with Crippen LogP contribution in [0.4, 0.5) is 0 Å². The Balaban J connectivity index is 2.12. The Labute approximate surface area is 104 Å². The van der Waals surface area contributed by atoms with E-state index in [2.05, 4.69) is 19.9 Å². The molecule has 0 heterocycles. The topological polar surface area (TPSA) is 29.5 Å². The van der Waals surface area contributed by atoms with Gasteiger partial charge < -0.3 is 9.84 Å². The van der Waals surface area contributed by atoms with Crippen molar-refractivity contribution in [3.8, 4) is 5.75 Å². The molecule has 1 aliphatic rings. The van der Waals surface area contributed by atoms with Crippen molar-refractivity contribution in [3.63, 3.8) is 0 Å². The molecule has 1 fully saturated rings. The number of hydrogen-bond acceptors (Lipinski definition) is 2. The van der Waals surface area contributed by atoms with Crippen LogP contribution in [0.3, 0.4) is 0 Å². The largest absolute Gasteiger partial charge is 0.487 e. The molecule has 1 aromatic carbocycles. The van der Waals surface area contributed by atoms with E-state index in [0.717, 1.165) is 31.4 Å². The number of aliphatic hydroxyl groups is 1. The van der Waals surface area contributed by atoms with Crippen LogP contribution in [-0.4, -0.2) is 17.3 Å². The molecule has 2 heteroatoms. The van der Waals surface area contributed by atoms with Gasteiger partial charge in [-0.1, -0.05) is 38.5 Å². The van der Waals surface area contributed by atoms with Crippen molar-refractivity contribution in [2.75, 3.05) is 0 Å². The molecule has 1 N–H and O–H groups in total. The Kier molecular flexibility index (Phi) is 4.06. The van der Waals surface area contributed by atoms with E-state index in [4.69, 9.17) is 4.74 Å². The summed E-state index contributed by atoms with van der Waals surface area (Å²) >= 11 is 0. The second-order valence-electron chi connectivity index (χ2n) is 5.20. The van der Waals surface area contributed by atoms with Crippen LogP contribution in [0.15, 0.2) is 24.3 Å². The third-order valence-electron chi connectivity index (χ3n) is 3.49. The standard InChI is InChI=1S/C15H22O2/c1-11(2)12-7-3-5-9-14(12)17-15-10-6-4-8-13(15)16/h3,5,7,9,11,13,15-16H,4,6,8,10H2,1-2H3. The first-order chi connectivity index (χ1) is 8.18. The molecule has 0 saturated heterocycles. The summed E-state index contributed by atoms with van der Waals surface area (Å²) in [6.45, 7) is 4.33. The van der Waals surface area contributed by atoms with Crippen molar-refractivity contribution in [1.29, 1.82) is 0 Å². The highest BCUT2D eigenvalue weighted by molar-refractivity contribution is 5.35. The van der Waals surface area contributed by atoms with Crippen LogP contribution in [0.25, 0.3) is 0 Å². The molecular weight excluding hydrogens is 212 g/mol. The molecule has 2 atom stereocenters. The lowest BCUT2D eigenvalue weighted by atomic mass is 9.94. The molecule has 0 aliphatic heterocycles. The average Bonchev–Trinajstić information content (AvgIpc) is 2.32. The first kappa shape index (κ1) is 12.4. The van der Waals surface area contributed by atoms with Gasteiger partial charge in [-0.15, -0.1) is 0 Å². The van der Waals surface area contributed by atoms with Gasteiger partial charge in [-0.3, -0.25) is 0 Å². The minimum absolute atomic E-state index is 0.0244. The normalized spacial score (nSPS) is 24.9. The molecule has 0 aromatic heterocycles. The maximum atomic E-state index is 9.93. The van der Waals surface area contributed by atoms with Crippen molar-refractivity contribution in [2.24, 2.45) is 0 Å². The molecule has 0 radical (unpaired) electrons. The van der Waals surface area contributed by atoms with Gasteiger partial charge in [-0.25, -0.2) is 0 Å². The number of rotatable bonds is 3. The van der Waals surface area contributed by atoms with Crippen molar-refractivity contribution in [1.82, 2.24) is 0 Å². The predicted molar refractivity (Wildman–Crippen MR) is 69.4 cm³/mol. The lowest BCUT2D eigenvalue weighted by molar-refractivity contribution is 0.00629. The molecular formula is C15H22O2. The molecule has 2 nitrogen and oxygen atoms in total. The fourth-order valence-electron chi connectivity index (χ4n) is 2.44. The van der Waals surface area contributed by atoms with E-state index in [1.807, 2.05) is 18.2 Å². The molecule has 0 amide bonds. The highest BCUT2D eigenvalue weighted by Gasteiger charge is 2.25. The minimum Gasteiger partial charge on any atom is -0.487 e. The van der Waals surface area contributed by atoms with Gasteiger partial charge in [0.1, 0.15) is 11.9 Å². The van der Waals surface area contributed by atoms with E-state index < -0.39 is 0 Å². The SMILES string of the molecule is CC(C)c1ccccc1OC1CCCCC1O. The quantitative estimate of drug-likeness (QED) is 0.867. The Bertz CT molecular complexity index is 360. The molecule has 94 valence electrons. The van der Waals surface area contributed by atoms with Gasteiger partial charge in [0.05, 0.1) is 6.10 Å². The smallest absolute Gasteiger partial charge is 0.124 e. The Morgan fingerprint density at radius 1 is 1.18 bits per heavy atom. The van der Waals surface area contributed by atoms with Crippen LogP contribution in [0.5, 0.6) is 5.75 Å². The summed E-state index contributed by atoms with van der Waals surface area (Å²) < 4.78 is 6.01. The van der Waals surface area contributed by atoms with E-state index in [0.29, 0.717) is 5.92 Å². The number of aliphatic hydroxyl groups excluding tert-OH is 1. The maximum Gasteiger partial charge on any atom is 0.124 e. The van der Waals surface area contributed by atoms with Crippen LogP contribution < -0.4 is 4.74 Å². The fourth-order valence-corrected chi connectivity index (χ4v) is 2.44. The van der Waals surface area contributed by atoms with Gasteiger partial charge in [0.15, 0.2) is 0 Å². The van der Waals surface area contributed by atoms with Crippen LogP contribution in [-0.2, 0) is 0 Å². The van der Waals surface area contributed by atoms with Crippen LogP contribution in [0.1, 0.15) is 51.0 Å². The molecule has 0 spiro atoms. The zero-order chi connectivity index (χ0) is 12.3. The maximum absolute atomic E-state index is 9.93. The van der Waals surface area contributed by atoms with E-state index in [9.17, 15) is 5.11 Å². The highest BCUT2D eigenvalue weighted by atomic mass is 16.5. The molecule has 1 aromatic rings. The third-order valence-corrected chi connectivity index (χ3v) is 3.49. The first-order valence-corrected chi connectivity index (χ1v) is 6.62. The lowest BCUT2D eigenvalue weighted by Crippen LogP contribution is -2.34. The van der Waals surface area contributed by atoms with Gasteiger partial charge in [-0.05, 0) is 36.8 Å². The highest BCUT2D eigenvalue weighted by Crippen LogP contribution is 2.30. The van der Waals surface area contributed by atoms with E-state index in [1.54, 1.807) is 0 Å². The van der Waals surface area contributed by atoms with Crippen molar-refractivity contribution < 1.29 is 9.84 Å². The molecule has 1 aliphatic carbocycles. The molecule has 17 heavy (non-hydrogen) atoms. The Morgan fingerprint density at radius 3 is 2.59 bits per heavy atom. The van der Waals surface area contributed by atoms with Crippen LogP contribution >= 0.6 is 0 Å². The minimum atomic E-state index is -0.302. The van der Waals surface area contributed by atoms with Crippen LogP contribution in [0, 0.1) is 0 Å². The Hall–Kier alpha value is -1.02. The Morgan fingerprint density at radius 2 is 1.88 bits per heavy atom. The fraction of sp³-hybridized carbons (Fsp3) is 0.600. The summed E-state index contributed by atoms with van der Waals surface area (Å²) in [7, 11) is 0. The second kappa shape index (κ2) is 5.54. The first-order valence-electron chi connectivity index (χ1n) is 6.62. The van der Waals surface area contributed by atoms with Gasteiger partial charge in [-0.2, -0.15) is 0 Å². The monoisotopic (exact) mass is 234 g/mol. The molecule has 1 saturated carbocycles. The van der Waals surface area contributed by atoms with Crippen LogP contribution in [0.2, 0.25) is 0 Å². The number of ether oxygens (including phenoxy) is 1. The van der Waals surface area contributed by atoms with E-state index in [1.165, 1.54) is 5.56 Å². The predicted octanol–water partition coefficient (Wildman–Crippen LogP) is 3.49. The number of para-hydroxylation sites is 1. The van der Waals surface area contributed by atoms with Crippen molar-refractivity contribution in [3.05, 3.63) is 29.8 Å². The molecule has 2 rings (SSSR count). The van der Waals surface area contributed by atoms with Crippen molar-refractivity contribution in [2.45, 2.75) is 57.7 Å². The van der Waals surface area contributed by atoms with Gasteiger partial charge in [0, 0.05) is 0 Å². The summed E-state index contributed by atoms with van der Waals surface area (Å²) in [6.07, 6.45) is 3.79. The molecule has 0 bridgehead atoms. The van der Waals surface area contributed by atoms with E-state index >= 15 is 0 Å². The van der Waals surface area contributed by atoms with Crippen molar-refractivity contribution >= 4 is 0 Å². The van der Waals surface area contributed by atoms with E-state index in [-0.39, 0.29) is 12.2 Å². The summed E-state index contributed by atoms with van der Waals surface area (Å²) in [6, 6.07) is 8.15. The third kappa shape index (κ3) is 3.01. The average molecular weight is 234 g/mol. The number of benzene rings is 1.